The Balaban J connectivity index is -0.00000602. The van der Waals surface area contributed by atoms with Gasteiger partial charge in [-0.25, -0.2) is 0 Å². The molecule has 90 heavy (non-hydrogen) atoms. The molecule has 0 aromatic rings. The number of hydrogen-bond acceptors (Lipinski definition) is 17. The third-order valence-corrected chi connectivity index (χ3v) is 17.3. The van der Waals surface area contributed by atoms with Crippen molar-refractivity contribution >= 4 is 120 Å². The first kappa shape index (κ1) is 96.0. The topological polar surface area (TPSA) is 403 Å². The Morgan fingerprint density at radius 3 is 0.889 bits per heavy atom. The molecule has 0 radical (unpaired) electrons. The summed E-state index contributed by atoms with van der Waals surface area (Å²) >= 11 is 2.60. The molecule has 0 aliphatic carbocycles. The minimum Gasteiger partial charge on any atom is -0.394 e. The van der Waals surface area contributed by atoms with Crippen molar-refractivity contribution in [3.05, 3.63) is 0 Å². The molecule has 29 heteroatoms. The first-order valence-corrected chi connectivity index (χ1v) is 35.2. The van der Waals surface area contributed by atoms with Crippen molar-refractivity contribution in [2.24, 2.45) is 28.7 Å². The van der Waals surface area contributed by atoms with E-state index in [9.17, 15) is 48.6 Å². The molecule has 8 amide bonds. The minimum atomic E-state index is -1.28. The van der Waals surface area contributed by atoms with Crippen LogP contribution in [0.5, 0.6) is 0 Å². The van der Waals surface area contributed by atoms with Crippen LogP contribution in [0.3, 0.4) is 0 Å². The van der Waals surface area contributed by atoms with Crippen LogP contribution in [0.2, 0.25) is 0 Å². The first-order valence-electron chi connectivity index (χ1n) is 32.9. The van der Waals surface area contributed by atoms with Gasteiger partial charge in [0.2, 0.25) is 47.3 Å². The van der Waals surface area contributed by atoms with Crippen molar-refractivity contribution < 1.29 is 48.6 Å². The van der Waals surface area contributed by atoms with Gasteiger partial charge in [0.05, 0.1) is 37.4 Å². The van der Waals surface area contributed by atoms with Gasteiger partial charge >= 0.3 is 0 Å². The number of hydrogen-bond donors (Lipinski definition) is 15. The van der Waals surface area contributed by atoms with Crippen molar-refractivity contribution in [3.63, 3.8) is 0 Å². The number of aliphatic hydroxyl groups is 2. The zero-order valence-electron chi connectivity index (χ0n) is 54.8. The molecule has 534 valence electrons. The number of carbonyl (C=O) groups is 8. The molecule has 0 spiro atoms. The number of nitrogens with one attached hydrogen (secondary N) is 8. The highest BCUT2D eigenvalue weighted by Crippen LogP contribution is 2.14. The van der Waals surface area contributed by atoms with Gasteiger partial charge in [-0.2, -0.15) is 23.5 Å². The van der Waals surface area contributed by atoms with Crippen molar-refractivity contribution in [2.45, 2.75) is 268 Å². The summed E-state index contributed by atoms with van der Waals surface area (Å²) in [6.45, 7) is 6.95. The fourth-order valence-electron chi connectivity index (χ4n) is 9.22. The number of aliphatic hydroxyl groups excluding tert-OH is 2. The number of amides is 8. The van der Waals surface area contributed by atoms with Crippen molar-refractivity contribution in [2.75, 3.05) is 68.9 Å². The maximum Gasteiger partial charge on any atom is 0.244 e. The molecular weight excluding hydrogens is 1280 g/mol. The second-order valence-electron chi connectivity index (χ2n) is 22.8. The largest absolute Gasteiger partial charge is 0.394 e. The summed E-state index contributed by atoms with van der Waals surface area (Å²) in [6.07, 6.45) is 28.6. The molecule has 0 bridgehead atoms. The predicted octanol–water partition coefficient (Wildman–Crippen LogP) is 4.95. The summed E-state index contributed by atoms with van der Waals surface area (Å²) in [5, 5.41) is 42.3. The fraction of sp³-hybridized carbons (Fsp3) is 0.869. The molecule has 23 nitrogen and oxygen atoms in total. The van der Waals surface area contributed by atoms with Crippen molar-refractivity contribution in [3.8, 4) is 0 Å². The Morgan fingerprint density at radius 2 is 0.578 bits per heavy atom. The van der Waals surface area contributed by atoms with Gasteiger partial charge in [0.25, 0.3) is 0 Å². The van der Waals surface area contributed by atoms with Crippen LogP contribution in [0.1, 0.15) is 220 Å². The lowest BCUT2D eigenvalue weighted by Gasteiger charge is -2.24. The van der Waals surface area contributed by atoms with Gasteiger partial charge in [-0.3, -0.25) is 38.4 Å². The number of carbonyl (C=O) groups excluding carboxylic acids is 8. The van der Waals surface area contributed by atoms with Gasteiger partial charge in [-0.05, 0) is 77.2 Å². The predicted molar refractivity (Wildman–Crippen MR) is 379 cm³/mol. The Kier molecular flexibility index (Phi) is 70.8. The van der Waals surface area contributed by atoms with Gasteiger partial charge in [0, 0.05) is 49.2 Å². The van der Waals surface area contributed by atoms with Gasteiger partial charge in [0.1, 0.15) is 24.2 Å². The molecule has 0 heterocycles. The molecule has 0 saturated heterocycles. The Labute approximate surface area is 573 Å². The second-order valence-corrected chi connectivity index (χ2v) is 25.1. The quantitative estimate of drug-likeness (QED) is 0.0358. The Morgan fingerprint density at radius 1 is 0.322 bits per heavy atom. The lowest BCUT2D eigenvalue weighted by Crippen LogP contribution is -2.57. The van der Waals surface area contributed by atoms with E-state index in [0.29, 0.717) is 89.2 Å². The minimum absolute atomic E-state index is 0. The van der Waals surface area contributed by atoms with Crippen LogP contribution in [-0.4, -0.2) is 175 Å². The highest BCUT2D eigenvalue weighted by Gasteiger charge is 2.30. The summed E-state index contributed by atoms with van der Waals surface area (Å²) in [5.74, 6) is -3.37. The standard InChI is InChI=1S/C61H121N13O10S2.4ClH/c1-4-7-10-12-14-16-18-20-22-26-36-69-58(81)50(42-75)71-60(83)52(73-56(79)48(65)32-24-28-38-67-54(77)46(63)31-9-6-3)44-85-40-41-86-45-53(74-57(80)49(66)33-25-29-39-68-55(78)47(64)34-30-35-62)61(84)72-51(43-76)59(82)70-37-27-23-21-19-17-15-13-11-8-5-2;;;;/h46-53,75-76H,4-45,62-66H2,1-3H3,(H,67,77)(H,68,78)(H,69,81)(H,70,82)(H,71,83)(H,72,84)(H,73,79)(H,74,80);4*1H. The summed E-state index contributed by atoms with van der Waals surface area (Å²) in [6, 6.07) is -8.16. The molecule has 0 saturated carbocycles. The molecule has 0 aromatic carbocycles. The molecule has 0 fully saturated rings. The van der Waals surface area contributed by atoms with E-state index in [1.165, 1.54) is 101 Å². The zero-order valence-corrected chi connectivity index (χ0v) is 59.7. The van der Waals surface area contributed by atoms with E-state index in [2.05, 4.69) is 56.4 Å². The smallest absolute Gasteiger partial charge is 0.244 e. The van der Waals surface area contributed by atoms with Crippen LogP contribution < -0.4 is 71.2 Å². The number of rotatable bonds is 59. The first-order chi connectivity index (χ1) is 41.5. The molecule has 8 atom stereocenters. The van der Waals surface area contributed by atoms with Gasteiger partial charge < -0.3 is 81.4 Å². The number of nitrogens with two attached hydrogens (primary N) is 5. The number of unbranched alkanes of at least 4 members (excludes halogenated alkanes) is 21. The van der Waals surface area contributed by atoms with E-state index in [0.717, 1.165) is 64.2 Å². The summed E-state index contributed by atoms with van der Waals surface area (Å²) in [7, 11) is 0. The summed E-state index contributed by atoms with van der Waals surface area (Å²) < 4.78 is 0. The Bertz CT molecular complexity index is 1700. The summed E-state index contributed by atoms with van der Waals surface area (Å²) in [5.41, 5.74) is 30.0. The van der Waals surface area contributed by atoms with Gasteiger partial charge in [0.15, 0.2) is 0 Å². The van der Waals surface area contributed by atoms with E-state index >= 15 is 0 Å². The lowest BCUT2D eigenvalue weighted by atomic mass is 10.1. The highest BCUT2D eigenvalue weighted by molar-refractivity contribution is 8.03. The van der Waals surface area contributed by atoms with Gasteiger partial charge in [-0.15, -0.1) is 49.6 Å². The van der Waals surface area contributed by atoms with Crippen LogP contribution in [0.4, 0.5) is 0 Å². The van der Waals surface area contributed by atoms with Crippen LogP contribution in [0, 0.1) is 0 Å². The zero-order chi connectivity index (χ0) is 64.0. The van der Waals surface area contributed by atoms with Crippen LogP contribution in [-0.2, 0) is 38.4 Å². The molecule has 0 aromatic heterocycles. The molecule has 20 N–H and O–H groups in total. The SMILES string of the molecule is CCCCCCCCCCCCNC(=O)C(CO)NC(=O)C(CSCCSCC(NC(=O)C(N)CCCCNC(=O)C(N)CCCN)C(=O)NC(CO)C(=O)NCCCCCCCCCCCC)NC(=O)C(N)CCCCNC(=O)C(N)CCCC.Cl.Cl.Cl.Cl. The fourth-order valence-corrected chi connectivity index (χ4v) is 11.4. The Hall–Kier alpha value is -2.66. The van der Waals surface area contributed by atoms with Crippen molar-refractivity contribution in [1.82, 2.24) is 42.5 Å². The molecule has 0 aliphatic heterocycles. The molecular formula is C61H125Cl4N13O10S2. The summed E-state index contributed by atoms with van der Waals surface area (Å²) in [4.78, 5) is 106. The van der Waals surface area contributed by atoms with E-state index < -0.39 is 97.0 Å². The van der Waals surface area contributed by atoms with E-state index in [1.54, 1.807) is 0 Å². The van der Waals surface area contributed by atoms with E-state index in [4.69, 9.17) is 28.7 Å². The average molecular weight is 1410 g/mol. The second kappa shape index (κ2) is 66.4. The van der Waals surface area contributed by atoms with Crippen LogP contribution in [0.25, 0.3) is 0 Å². The third kappa shape index (κ3) is 51.7. The molecule has 0 aliphatic rings. The maximum absolute atomic E-state index is 13.9. The normalized spacial score (nSPS) is 13.5. The van der Waals surface area contributed by atoms with E-state index in [-0.39, 0.29) is 85.8 Å². The van der Waals surface area contributed by atoms with Crippen LogP contribution >= 0.6 is 73.2 Å². The molecule has 0 rings (SSSR count). The lowest BCUT2D eigenvalue weighted by molar-refractivity contribution is -0.132. The number of thioether (sulfide) groups is 2. The molecule has 8 unspecified atom stereocenters. The monoisotopic (exact) mass is 1400 g/mol. The third-order valence-electron chi connectivity index (χ3n) is 14.9. The highest BCUT2D eigenvalue weighted by atomic mass is 35.5. The van der Waals surface area contributed by atoms with Crippen molar-refractivity contribution in [1.29, 1.82) is 0 Å². The maximum atomic E-state index is 13.9. The van der Waals surface area contributed by atoms with Gasteiger partial charge in [-0.1, -0.05) is 149 Å². The van der Waals surface area contributed by atoms with E-state index in [1.807, 2.05) is 6.92 Å². The average Bonchev–Trinajstić information content (AvgIpc) is 3.52. The van der Waals surface area contributed by atoms with Crippen LogP contribution in [0.15, 0.2) is 0 Å². The number of halogens is 4.